The molecule has 1 fully saturated rings. The summed E-state index contributed by atoms with van der Waals surface area (Å²) >= 11 is 0. The summed E-state index contributed by atoms with van der Waals surface area (Å²) in [5.41, 5.74) is -0.0226. The zero-order valence-corrected chi connectivity index (χ0v) is 11.8. The van der Waals surface area contributed by atoms with Gasteiger partial charge in [-0.05, 0) is 39.2 Å². The van der Waals surface area contributed by atoms with Crippen LogP contribution in [-0.4, -0.2) is 54.4 Å². The van der Waals surface area contributed by atoms with Gasteiger partial charge in [0.05, 0.1) is 6.61 Å². The van der Waals surface area contributed by atoms with Crippen LogP contribution in [0.4, 0.5) is 4.79 Å². The highest BCUT2D eigenvalue weighted by Gasteiger charge is 2.30. The van der Waals surface area contributed by atoms with E-state index in [1.54, 1.807) is 0 Å². The van der Waals surface area contributed by atoms with Crippen LogP contribution in [0, 0.1) is 5.92 Å². The average Bonchev–Trinajstić information content (AvgIpc) is 2.34. The first-order valence-electron chi connectivity index (χ1n) is 6.83. The molecule has 5 nitrogen and oxygen atoms in total. The number of urea groups is 1. The Morgan fingerprint density at radius 1 is 1.44 bits per heavy atom. The molecular formula is C13H27N3O2. The maximum atomic E-state index is 11.4. The van der Waals surface area contributed by atoms with Gasteiger partial charge in [0.1, 0.15) is 0 Å². The Morgan fingerprint density at radius 3 is 2.78 bits per heavy atom. The molecule has 0 aliphatic carbocycles. The second kappa shape index (κ2) is 6.95. The highest BCUT2D eigenvalue weighted by molar-refractivity contribution is 5.73. The number of aliphatic hydroxyl groups excluding tert-OH is 1. The molecule has 1 rings (SSSR count). The first kappa shape index (κ1) is 15.2. The van der Waals surface area contributed by atoms with Crippen molar-refractivity contribution in [3.63, 3.8) is 0 Å². The standard InChI is InChI=1S/C13H27N3O2/c1-11-5-4-7-16(9-11)13(2,3)10-15-12(18)14-6-8-17/h11,17H,4-10H2,1-3H3,(H2,14,15,18). The molecule has 0 aromatic carbocycles. The van der Waals surface area contributed by atoms with E-state index in [2.05, 4.69) is 36.3 Å². The van der Waals surface area contributed by atoms with Crippen LogP contribution in [0.25, 0.3) is 0 Å². The molecule has 3 N–H and O–H groups in total. The van der Waals surface area contributed by atoms with Gasteiger partial charge in [0.15, 0.2) is 0 Å². The Kier molecular flexibility index (Phi) is 5.88. The normalized spacial score (nSPS) is 21.7. The number of carbonyl (C=O) groups is 1. The quantitative estimate of drug-likeness (QED) is 0.682. The van der Waals surface area contributed by atoms with Crippen molar-refractivity contribution in [1.29, 1.82) is 0 Å². The van der Waals surface area contributed by atoms with E-state index in [-0.39, 0.29) is 18.2 Å². The second-order valence-electron chi connectivity index (χ2n) is 5.84. The van der Waals surface area contributed by atoms with Crippen LogP contribution < -0.4 is 10.6 Å². The van der Waals surface area contributed by atoms with E-state index >= 15 is 0 Å². The van der Waals surface area contributed by atoms with Crippen molar-refractivity contribution >= 4 is 6.03 Å². The van der Waals surface area contributed by atoms with Crippen LogP contribution in [0.2, 0.25) is 0 Å². The molecule has 0 spiro atoms. The molecule has 1 heterocycles. The largest absolute Gasteiger partial charge is 0.395 e. The Balaban J connectivity index is 2.36. The van der Waals surface area contributed by atoms with Crippen LogP contribution in [-0.2, 0) is 0 Å². The molecule has 1 atom stereocenters. The van der Waals surface area contributed by atoms with Gasteiger partial charge >= 0.3 is 6.03 Å². The van der Waals surface area contributed by atoms with Crippen LogP contribution in [0.5, 0.6) is 0 Å². The van der Waals surface area contributed by atoms with E-state index in [0.717, 1.165) is 19.0 Å². The third-order valence-electron chi connectivity index (χ3n) is 3.59. The monoisotopic (exact) mass is 257 g/mol. The molecule has 5 heteroatoms. The molecule has 106 valence electrons. The van der Waals surface area contributed by atoms with Gasteiger partial charge in [-0.15, -0.1) is 0 Å². The minimum absolute atomic E-state index is 0.0226. The summed E-state index contributed by atoms with van der Waals surface area (Å²) in [4.78, 5) is 13.9. The molecule has 0 bridgehead atoms. The van der Waals surface area contributed by atoms with Gasteiger partial charge in [0.2, 0.25) is 0 Å². The van der Waals surface area contributed by atoms with Crippen molar-refractivity contribution < 1.29 is 9.90 Å². The maximum absolute atomic E-state index is 11.4. The summed E-state index contributed by atoms with van der Waals surface area (Å²) in [6, 6.07) is -0.206. The lowest BCUT2D eigenvalue weighted by Crippen LogP contribution is -2.55. The number of hydrogen-bond acceptors (Lipinski definition) is 3. The Labute approximate surface area is 110 Å². The van der Waals surface area contributed by atoms with E-state index in [1.165, 1.54) is 12.8 Å². The number of aliphatic hydroxyl groups is 1. The molecule has 0 aromatic rings. The summed E-state index contributed by atoms with van der Waals surface area (Å²) in [5.74, 6) is 0.737. The fourth-order valence-electron chi connectivity index (χ4n) is 2.38. The van der Waals surface area contributed by atoms with Gasteiger partial charge in [-0.25, -0.2) is 4.79 Å². The smallest absolute Gasteiger partial charge is 0.314 e. The fraction of sp³-hybridized carbons (Fsp3) is 0.923. The predicted octanol–water partition coefficient (Wildman–Crippen LogP) is 0.788. The van der Waals surface area contributed by atoms with Crippen molar-refractivity contribution in [2.75, 3.05) is 32.8 Å². The molecule has 0 radical (unpaired) electrons. The molecule has 18 heavy (non-hydrogen) atoms. The van der Waals surface area contributed by atoms with Crippen LogP contribution in [0.15, 0.2) is 0 Å². The minimum atomic E-state index is -0.206. The van der Waals surface area contributed by atoms with Gasteiger partial charge in [-0.2, -0.15) is 0 Å². The molecule has 0 aromatic heterocycles. The Morgan fingerprint density at radius 2 is 2.17 bits per heavy atom. The first-order chi connectivity index (χ1) is 8.45. The van der Waals surface area contributed by atoms with Crippen LogP contribution in [0.3, 0.4) is 0 Å². The Hall–Kier alpha value is -0.810. The van der Waals surface area contributed by atoms with Gasteiger partial charge in [0, 0.05) is 25.2 Å². The number of hydrogen-bond donors (Lipinski definition) is 3. The van der Waals surface area contributed by atoms with E-state index < -0.39 is 0 Å². The van der Waals surface area contributed by atoms with E-state index in [0.29, 0.717) is 13.1 Å². The van der Waals surface area contributed by atoms with E-state index in [9.17, 15) is 4.79 Å². The highest BCUT2D eigenvalue weighted by Crippen LogP contribution is 2.23. The van der Waals surface area contributed by atoms with E-state index in [4.69, 9.17) is 5.11 Å². The van der Waals surface area contributed by atoms with Crippen molar-refractivity contribution in [2.24, 2.45) is 5.92 Å². The van der Waals surface area contributed by atoms with Crippen molar-refractivity contribution in [1.82, 2.24) is 15.5 Å². The lowest BCUT2D eigenvalue weighted by Gasteiger charge is -2.43. The SMILES string of the molecule is CC1CCCN(C(C)(C)CNC(=O)NCCO)C1. The third-order valence-corrected chi connectivity index (χ3v) is 3.59. The number of carbonyl (C=O) groups excluding carboxylic acids is 1. The van der Waals surface area contributed by atoms with Crippen LogP contribution >= 0.6 is 0 Å². The molecule has 1 aliphatic rings. The molecule has 1 saturated heterocycles. The van der Waals surface area contributed by atoms with Gasteiger partial charge < -0.3 is 15.7 Å². The summed E-state index contributed by atoms with van der Waals surface area (Å²) in [6.45, 7) is 9.72. The summed E-state index contributed by atoms with van der Waals surface area (Å²) < 4.78 is 0. The zero-order valence-electron chi connectivity index (χ0n) is 11.8. The summed E-state index contributed by atoms with van der Waals surface area (Å²) in [5, 5.41) is 14.1. The van der Waals surface area contributed by atoms with Crippen molar-refractivity contribution in [3.05, 3.63) is 0 Å². The lowest BCUT2D eigenvalue weighted by molar-refractivity contribution is 0.0724. The number of piperidine rings is 1. The Bertz CT molecular complexity index is 269. The second-order valence-corrected chi connectivity index (χ2v) is 5.84. The maximum Gasteiger partial charge on any atom is 0.314 e. The molecule has 0 saturated carbocycles. The average molecular weight is 257 g/mol. The molecule has 1 aliphatic heterocycles. The topological polar surface area (TPSA) is 64.6 Å². The van der Waals surface area contributed by atoms with Crippen molar-refractivity contribution in [2.45, 2.75) is 39.2 Å². The van der Waals surface area contributed by atoms with Crippen molar-refractivity contribution in [3.8, 4) is 0 Å². The van der Waals surface area contributed by atoms with Crippen LogP contribution in [0.1, 0.15) is 33.6 Å². The number of nitrogens with one attached hydrogen (secondary N) is 2. The summed E-state index contributed by atoms with van der Waals surface area (Å²) in [7, 11) is 0. The number of rotatable bonds is 5. The molecular weight excluding hydrogens is 230 g/mol. The fourth-order valence-corrected chi connectivity index (χ4v) is 2.38. The third kappa shape index (κ3) is 4.82. The molecule has 1 unspecified atom stereocenters. The molecule has 2 amide bonds. The number of likely N-dealkylation sites (tertiary alicyclic amines) is 1. The summed E-state index contributed by atoms with van der Waals surface area (Å²) in [6.07, 6.45) is 2.54. The van der Waals surface area contributed by atoms with Gasteiger partial charge in [-0.1, -0.05) is 6.92 Å². The predicted molar refractivity (Wildman–Crippen MR) is 72.5 cm³/mol. The first-order valence-corrected chi connectivity index (χ1v) is 6.83. The van der Waals surface area contributed by atoms with Gasteiger partial charge in [-0.3, -0.25) is 4.90 Å². The lowest BCUT2D eigenvalue weighted by atomic mass is 9.93. The number of amides is 2. The van der Waals surface area contributed by atoms with Gasteiger partial charge in [0.25, 0.3) is 0 Å². The number of nitrogens with zero attached hydrogens (tertiary/aromatic N) is 1. The highest BCUT2D eigenvalue weighted by atomic mass is 16.3. The zero-order chi connectivity index (χ0) is 13.6. The minimum Gasteiger partial charge on any atom is -0.395 e. The van der Waals surface area contributed by atoms with E-state index in [1.807, 2.05) is 0 Å².